The first-order valence-electron chi connectivity index (χ1n) is 5.11. The molecule has 6 heteroatoms. The van der Waals surface area contributed by atoms with Crippen molar-refractivity contribution < 1.29 is 4.79 Å². The van der Waals surface area contributed by atoms with Gasteiger partial charge in [0.15, 0.2) is 0 Å². The van der Waals surface area contributed by atoms with E-state index in [1.54, 1.807) is 24.4 Å². The fourth-order valence-corrected chi connectivity index (χ4v) is 1.63. The smallest absolute Gasteiger partial charge is 0.258 e. The number of aryl methyl sites for hydroxylation is 1. The highest BCUT2D eigenvalue weighted by molar-refractivity contribution is 9.10. The molecule has 0 bridgehead atoms. The molecule has 0 aromatic carbocycles. The molecule has 0 aliphatic heterocycles. The summed E-state index contributed by atoms with van der Waals surface area (Å²) in [5.41, 5.74) is 1.43. The second-order valence-electron chi connectivity index (χ2n) is 3.64. The molecule has 1 N–H and O–H groups in total. The van der Waals surface area contributed by atoms with Gasteiger partial charge in [0.05, 0.1) is 5.56 Å². The topological polar surface area (TPSA) is 54.9 Å². The Kier molecular flexibility index (Phi) is 3.93. The maximum atomic E-state index is 11.9. The second-order valence-corrected chi connectivity index (χ2v) is 4.88. The highest BCUT2D eigenvalue weighted by Gasteiger charge is 2.08. The molecule has 0 atom stereocenters. The summed E-state index contributed by atoms with van der Waals surface area (Å²) >= 11 is 9.00. The maximum Gasteiger partial charge on any atom is 0.258 e. The number of hydrogen-bond donors (Lipinski definition) is 1. The van der Waals surface area contributed by atoms with Gasteiger partial charge in [0, 0.05) is 16.9 Å². The van der Waals surface area contributed by atoms with Crippen molar-refractivity contribution in [2.75, 3.05) is 5.32 Å². The lowest BCUT2D eigenvalue weighted by Gasteiger charge is -2.05. The van der Waals surface area contributed by atoms with Crippen molar-refractivity contribution >= 4 is 39.3 Å². The number of hydrogen-bond acceptors (Lipinski definition) is 3. The molecule has 2 heterocycles. The Hall–Kier alpha value is -1.46. The third kappa shape index (κ3) is 3.05. The first-order valence-corrected chi connectivity index (χ1v) is 6.28. The van der Waals surface area contributed by atoms with Crippen molar-refractivity contribution in [2.45, 2.75) is 6.92 Å². The van der Waals surface area contributed by atoms with Gasteiger partial charge in [-0.25, -0.2) is 9.97 Å². The molecule has 0 spiro atoms. The molecule has 92 valence electrons. The van der Waals surface area contributed by atoms with Crippen LogP contribution < -0.4 is 5.32 Å². The predicted molar refractivity (Wildman–Crippen MR) is 73.9 cm³/mol. The summed E-state index contributed by atoms with van der Waals surface area (Å²) in [4.78, 5) is 19.8. The third-order valence-electron chi connectivity index (χ3n) is 2.28. The van der Waals surface area contributed by atoms with Gasteiger partial charge in [0.2, 0.25) is 0 Å². The Labute approximate surface area is 118 Å². The minimum atomic E-state index is -0.270. The number of nitrogens with one attached hydrogen (secondary N) is 1. The number of rotatable bonds is 2. The van der Waals surface area contributed by atoms with E-state index in [1.165, 1.54) is 6.20 Å². The molecule has 2 aromatic heterocycles. The van der Waals surface area contributed by atoms with Crippen LogP contribution in [0.15, 0.2) is 35.1 Å². The van der Waals surface area contributed by atoms with Crippen molar-refractivity contribution in [1.82, 2.24) is 9.97 Å². The van der Waals surface area contributed by atoms with Crippen molar-refractivity contribution in [3.05, 3.63) is 51.3 Å². The number of halogens is 2. The van der Waals surface area contributed by atoms with E-state index in [1.807, 2.05) is 6.92 Å². The summed E-state index contributed by atoms with van der Waals surface area (Å²) in [5.74, 6) is 0.226. The van der Waals surface area contributed by atoms with Crippen LogP contribution in [0.3, 0.4) is 0 Å². The van der Waals surface area contributed by atoms with Gasteiger partial charge in [0.1, 0.15) is 11.0 Å². The van der Waals surface area contributed by atoms with E-state index in [9.17, 15) is 4.79 Å². The molecule has 0 saturated carbocycles. The monoisotopic (exact) mass is 325 g/mol. The van der Waals surface area contributed by atoms with Crippen LogP contribution in [0.25, 0.3) is 0 Å². The van der Waals surface area contributed by atoms with Crippen LogP contribution >= 0.6 is 27.5 Å². The molecule has 0 radical (unpaired) electrons. The molecular weight excluding hydrogens is 318 g/mol. The summed E-state index contributed by atoms with van der Waals surface area (Å²) in [6, 6.07) is 4.96. The molecule has 2 rings (SSSR count). The SMILES string of the molecule is Cc1cc(NC(=O)c2ccc(Cl)nc2)ncc1Br. The highest BCUT2D eigenvalue weighted by atomic mass is 79.9. The average Bonchev–Trinajstić information content (AvgIpc) is 2.34. The fourth-order valence-electron chi connectivity index (χ4n) is 1.31. The number of anilines is 1. The van der Waals surface area contributed by atoms with Crippen LogP contribution in [0.2, 0.25) is 5.15 Å². The van der Waals surface area contributed by atoms with Crippen LogP contribution in [0.1, 0.15) is 15.9 Å². The first kappa shape index (κ1) is 13.0. The third-order valence-corrected chi connectivity index (χ3v) is 3.33. The Morgan fingerprint density at radius 1 is 1.33 bits per heavy atom. The van der Waals surface area contributed by atoms with Gasteiger partial charge in [-0.05, 0) is 46.6 Å². The first-order chi connectivity index (χ1) is 8.56. The van der Waals surface area contributed by atoms with Crippen molar-refractivity contribution in [2.24, 2.45) is 0 Å². The maximum absolute atomic E-state index is 11.9. The van der Waals surface area contributed by atoms with E-state index in [0.717, 1.165) is 10.0 Å². The zero-order chi connectivity index (χ0) is 13.1. The summed E-state index contributed by atoms with van der Waals surface area (Å²) in [5, 5.41) is 3.04. The standard InChI is InChI=1S/C12H9BrClN3O/c1-7-4-11(16-6-9(7)13)17-12(18)8-2-3-10(14)15-5-8/h2-6H,1H3,(H,16,17,18). The molecule has 0 aliphatic rings. The van der Waals surface area contributed by atoms with Crippen molar-refractivity contribution in [3.8, 4) is 0 Å². The zero-order valence-corrected chi connectivity index (χ0v) is 11.8. The van der Waals surface area contributed by atoms with Gasteiger partial charge in [-0.2, -0.15) is 0 Å². The summed E-state index contributed by atoms with van der Waals surface area (Å²) in [6.45, 7) is 1.92. The minimum absolute atomic E-state index is 0.270. The van der Waals surface area contributed by atoms with E-state index in [2.05, 4.69) is 31.2 Å². The Morgan fingerprint density at radius 3 is 2.72 bits per heavy atom. The lowest BCUT2D eigenvalue weighted by Crippen LogP contribution is -2.13. The summed E-state index contributed by atoms with van der Waals surface area (Å²) < 4.78 is 0.897. The quantitative estimate of drug-likeness (QED) is 0.860. The number of aromatic nitrogens is 2. The van der Waals surface area contributed by atoms with Crippen molar-refractivity contribution in [3.63, 3.8) is 0 Å². The molecule has 0 saturated heterocycles. The lowest BCUT2D eigenvalue weighted by atomic mass is 10.2. The zero-order valence-electron chi connectivity index (χ0n) is 9.45. The van der Waals surface area contributed by atoms with Gasteiger partial charge in [-0.3, -0.25) is 4.79 Å². The van der Waals surface area contributed by atoms with E-state index in [-0.39, 0.29) is 5.91 Å². The number of carbonyl (C=O) groups is 1. The minimum Gasteiger partial charge on any atom is -0.307 e. The van der Waals surface area contributed by atoms with Crippen LogP contribution in [-0.2, 0) is 0 Å². The van der Waals surface area contributed by atoms with Crippen molar-refractivity contribution in [1.29, 1.82) is 0 Å². The lowest BCUT2D eigenvalue weighted by molar-refractivity contribution is 0.102. The molecule has 0 aliphatic carbocycles. The number of carbonyl (C=O) groups excluding carboxylic acids is 1. The summed E-state index contributed by atoms with van der Waals surface area (Å²) in [6.07, 6.45) is 3.06. The van der Waals surface area contributed by atoms with Crippen LogP contribution in [0.5, 0.6) is 0 Å². The second kappa shape index (κ2) is 5.46. The van der Waals surface area contributed by atoms with E-state index < -0.39 is 0 Å². The molecule has 18 heavy (non-hydrogen) atoms. The van der Waals surface area contributed by atoms with Gasteiger partial charge >= 0.3 is 0 Å². The molecule has 1 amide bonds. The largest absolute Gasteiger partial charge is 0.307 e. The highest BCUT2D eigenvalue weighted by Crippen LogP contribution is 2.17. The molecule has 0 unspecified atom stereocenters. The average molecular weight is 327 g/mol. The van der Waals surface area contributed by atoms with Gasteiger partial charge in [-0.1, -0.05) is 11.6 Å². The van der Waals surface area contributed by atoms with Crippen LogP contribution in [-0.4, -0.2) is 15.9 Å². The normalized spacial score (nSPS) is 10.2. The number of amides is 1. The van der Waals surface area contributed by atoms with E-state index in [0.29, 0.717) is 16.5 Å². The number of nitrogens with zero attached hydrogens (tertiary/aromatic N) is 2. The Bertz CT molecular complexity index is 586. The molecule has 2 aromatic rings. The van der Waals surface area contributed by atoms with E-state index >= 15 is 0 Å². The van der Waals surface area contributed by atoms with Gasteiger partial charge in [-0.15, -0.1) is 0 Å². The van der Waals surface area contributed by atoms with E-state index in [4.69, 9.17) is 11.6 Å². The predicted octanol–water partition coefficient (Wildman–Crippen LogP) is 3.45. The van der Waals surface area contributed by atoms with Gasteiger partial charge in [0.25, 0.3) is 5.91 Å². The van der Waals surface area contributed by atoms with Gasteiger partial charge < -0.3 is 5.32 Å². The van der Waals surface area contributed by atoms with Crippen LogP contribution in [0, 0.1) is 6.92 Å². The molecule has 4 nitrogen and oxygen atoms in total. The summed E-state index contributed by atoms with van der Waals surface area (Å²) in [7, 11) is 0. The molecule has 0 fully saturated rings. The fraction of sp³-hybridized carbons (Fsp3) is 0.0833. The molecular formula is C12H9BrClN3O. The Morgan fingerprint density at radius 2 is 2.11 bits per heavy atom. The van der Waals surface area contributed by atoms with Crippen LogP contribution in [0.4, 0.5) is 5.82 Å². The Balaban J connectivity index is 2.16. The number of pyridine rings is 2.